The van der Waals surface area contributed by atoms with Crippen molar-refractivity contribution in [1.29, 1.82) is 0 Å². The van der Waals surface area contributed by atoms with Crippen molar-refractivity contribution < 1.29 is 37.3 Å². The quantitative estimate of drug-likeness (QED) is 0.202. The molecule has 1 aromatic heterocycles. The van der Waals surface area contributed by atoms with Gasteiger partial charge < -0.3 is 19.3 Å². The molecule has 32 heavy (non-hydrogen) atoms. The van der Waals surface area contributed by atoms with Gasteiger partial charge in [0.15, 0.2) is 17.2 Å². The van der Waals surface area contributed by atoms with Crippen LogP contribution in [0.15, 0.2) is 40.7 Å². The summed E-state index contributed by atoms with van der Waals surface area (Å²) in [5.41, 5.74) is 0.982. The molecule has 0 saturated carbocycles. The second-order valence-corrected chi connectivity index (χ2v) is 6.12. The molecule has 2 N–H and O–H groups in total. The molecule has 0 aliphatic carbocycles. The molecule has 0 fully saturated rings. The number of halogens is 3. The molecule has 172 valence electrons. The van der Waals surface area contributed by atoms with Crippen LogP contribution < -0.4 is 14.9 Å². The van der Waals surface area contributed by atoms with E-state index in [0.29, 0.717) is 17.1 Å². The average molecular weight is 454 g/mol. The molecule has 0 aliphatic rings. The smallest absolute Gasteiger partial charge is 0.433 e. The van der Waals surface area contributed by atoms with Gasteiger partial charge in [-0.1, -0.05) is 0 Å². The minimum atomic E-state index is -4.76. The first-order valence-electron chi connectivity index (χ1n) is 9.15. The summed E-state index contributed by atoms with van der Waals surface area (Å²) in [7, 11) is 2.82. The van der Waals surface area contributed by atoms with E-state index < -0.39 is 23.8 Å². The number of anilines is 1. The molecule has 1 aromatic carbocycles. The molecule has 0 atom stereocenters. The molecule has 1 heterocycles. The number of carbonyl (C=O) groups excluding carboxylic acids is 1. The summed E-state index contributed by atoms with van der Waals surface area (Å²) in [6.45, 7) is 2.86. The monoisotopic (exact) mass is 454 g/mol. The Morgan fingerprint density at radius 1 is 1.19 bits per heavy atom. The number of nitrogens with one attached hydrogen (secondary N) is 1. The third kappa shape index (κ3) is 6.09. The highest BCUT2D eigenvalue weighted by Gasteiger charge is 2.34. The van der Waals surface area contributed by atoms with Crippen LogP contribution in [0.3, 0.4) is 0 Å². The number of aromatic nitrogens is 2. The first kappa shape index (κ1) is 24.4. The summed E-state index contributed by atoms with van der Waals surface area (Å²) in [5, 5.41) is 13.3. The van der Waals surface area contributed by atoms with Crippen molar-refractivity contribution in [3.63, 3.8) is 0 Å². The Balaban J connectivity index is 2.44. The third-order valence-electron chi connectivity index (χ3n) is 3.94. The standard InChI is InChI=1S/C20H21F3N4O5/c1-5-32-18(29)13(11(2)28)10-24-27-19-25-14(9-17(26-19)20(21,22)23)12-6-7-15(30-3)16(8-12)31-4/h6-10,28H,5H2,1-4H3,(H,25,26,27). The molecule has 0 unspecified atom stereocenters. The van der Waals surface area contributed by atoms with E-state index in [2.05, 4.69) is 20.5 Å². The number of aliphatic hydroxyl groups is 1. The van der Waals surface area contributed by atoms with Gasteiger partial charge in [-0.05, 0) is 38.1 Å². The fraction of sp³-hybridized carbons (Fsp3) is 0.300. The Bertz CT molecular complexity index is 1030. The van der Waals surface area contributed by atoms with Crippen molar-refractivity contribution in [2.75, 3.05) is 26.3 Å². The fourth-order valence-corrected chi connectivity index (χ4v) is 2.44. The summed E-state index contributed by atoms with van der Waals surface area (Å²) < 4.78 is 55.2. The Hall–Kier alpha value is -3.83. The van der Waals surface area contributed by atoms with Gasteiger partial charge in [0, 0.05) is 5.56 Å². The van der Waals surface area contributed by atoms with Gasteiger partial charge in [-0.15, -0.1) is 0 Å². The Labute approximate surface area is 181 Å². The minimum Gasteiger partial charge on any atom is -0.512 e. The van der Waals surface area contributed by atoms with Gasteiger partial charge in [-0.25, -0.2) is 20.2 Å². The number of carbonyl (C=O) groups is 1. The van der Waals surface area contributed by atoms with Gasteiger partial charge in [0.25, 0.3) is 0 Å². The molecule has 0 bridgehead atoms. The Morgan fingerprint density at radius 3 is 2.44 bits per heavy atom. The third-order valence-corrected chi connectivity index (χ3v) is 3.94. The van der Waals surface area contributed by atoms with Crippen LogP contribution >= 0.6 is 0 Å². The van der Waals surface area contributed by atoms with E-state index in [4.69, 9.17) is 14.2 Å². The highest BCUT2D eigenvalue weighted by Crippen LogP contribution is 2.34. The van der Waals surface area contributed by atoms with Gasteiger partial charge in [0.1, 0.15) is 11.3 Å². The lowest BCUT2D eigenvalue weighted by Gasteiger charge is -2.12. The molecule has 12 heteroatoms. The number of ether oxygens (including phenoxy) is 3. The highest BCUT2D eigenvalue weighted by atomic mass is 19.4. The summed E-state index contributed by atoms with van der Waals surface area (Å²) in [6, 6.07) is 5.27. The van der Waals surface area contributed by atoms with Gasteiger partial charge in [0.05, 0.1) is 32.7 Å². The minimum absolute atomic E-state index is 0.0578. The second kappa shape index (κ2) is 10.5. The van der Waals surface area contributed by atoms with E-state index in [9.17, 15) is 23.1 Å². The number of alkyl halides is 3. The van der Waals surface area contributed by atoms with E-state index in [-0.39, 0.29) is 23.6 Å². The molecular weight excluding hydrogens is 433 g/mol. The van der Waals surface area contributed by atoms with Crippen molar-refractivity contribution >= 4 is 18.1 Å². The summed E-state index contributed by atoms with van der Waals surface area (Å²) >= 11 is 0. The lowest BCUT2D eigenvalue weighted by molar-refractivity contribution is -0.141. The van der Waals surface area contributed by atoms with Gasteiger partial charge >= 0.3 is 12.1 Å². The molecule has 0 aliphatic heterocycles. The first-order valence-corrected chi connectivity index (χ1v) is 9.15. The van der Waals surface area contributed by atoms with Gasteiger partial charge in [-0.3, -0.25) is 0 Å². The molecule has 0 amide bonds. The van der Waals surface area contributed by atoms with Crippen LogP contribution in [-0.4, -0.2) is 48.1 Å². The predicted molar refractivity (Wildman–Crippen MR) is 110 cm³/mol. The number of hydrogen-bond donors (Lipinski definition) is 2. The van der Waals surface area contributed by atoms with Crippen LogP contribution in [0.1, 0.15) is 19.5 Å². The van der Waals surface area contributed by atoms with Gasteiger partial charge in [0.2, 0.25) is 5.95 Å². The number of methoxy groups -OCH3 is 2. The number of esters is 1. The van der Waals surface area contributed by atoms with E-state index in [1.54, 1.807) is 6.92 Å². The maximum atomic E-state index is 13.4. The van der Waals surface area contributed by atoms with Crippen molar-refractivity contribution in [3.05, 3.63) is 41.3 Å². The average Bonchev–Trinajstić information content (AvgIpc) is 2.75. The highest BCUT2D eigenvalue weighted by molar-refractivity contribution is 6.09. The number of hydrogen-bond acceptors (Lipinski definition) is 9. The van der Waals surface area contributed by atoms with Crippen LogP contribution in [-0.2, 0) is 15.7 Å². The van der Waals surface area contributed by atoms with Crippen LogP contribution in [0.5, 0.6) is 11.5 Å². The van der Waals surface area contributed by atoms with Crippen LogP contribution in [0.25, 0.3) is 11.3 Å². The maximum Gasteiger partial charge on any atom is 0.433 e. The van der Waals surface area contributed by atoms with E-state index in [1.807, 2.05) is 0 Å². The van der Waals surface area contributed by atoms with Crippen LogP contribution in [0.2, 0.25) is 0 Å². The van der Waals surface area contributed by atoms with E-state index in [1.165, 1.54) is 39.3 Å². The van der Waals surface area contributed by atoms with Crippen LogP contribution in [0, 0.1) is 0 Å². The molecule has 9 nitrogen and oxygen atoms in total. The zero-order chi connectivity index (χ0) is 23.9. The number of hydrazone groups is 1. The first-order chi connectivity index (χ1) is 15.1. The zero-order valence-electron chi connectivity index (χ0n) is 17.6. The summed E-state index contributed by atoms with van der Waals surface area (Å²) in [5.74, 6) is -1.03. The molecular formula is C20H21F3N4O5. The largest absolute Gasteiger partial charge is 0.512 e. The predicted octanol–water partition coefficient (Wildman–Crippen LogP) is 3.97. The van der Waals surface area contributed by atoms with E-state index >= 15 is 0 Å². The number of benzene rings is 1. The molecule has 0 saturated heterocycles. The fourth-order valence-electron chi connectivity index (χ4n) is 2.44. The SMILES string of the molecule is CCOC(=O)C(C=NNc1nc(-c2ccc(OC)c(OC)c2)cc(C(F)(F)F)n1)=C(C)O. The van der Waals surface area contributed by atoms with Crippen molar-refractivity contribution in [3.8, 4) is 22.8 Å². The number of nitrogens with zero attached hydrogens (tertiary/aromatic N) is 3. The molecule has 2 rings (SSSR count). The normalized spacial score (nSPS) is 12.3. The van der Waals surface area contributed by atoms with E-state index in [0.717, 1.165) is 12.3 Å². The Kier molecular flexibility index (Phi) is 7.99. The lowest BCUT2D eigenvalue weighted by Crippen LogP contribution is -2.13. The second-order valence-electron chi connectivity index (χ2n) is 6.12. The summed E-state index contributed by atoms with van der Waals surface area (Å²) in [6.07, 6.45) is -3.86. The maximum absolute atomic E-state index is 13.4. The number of rotatable bonds is 8. The summed E-state index contributed by atoms with van der Waals surface area (Å²) in [4.78, 5) is 19.3. The molecule has 2 aromatic rings. The number of aliphatic hydroxyl groups excluding tert-OH is 1. The van der Waals surface area contributed by atoms with Crippen molar-refractivity contribution in [2.45, 2.75) is 20.0 Å². The Morgan fingerprint density at radius 2 is 1.88 bits per heavy atom. The van der Waals surface area contributed by atoms with Gasteiger partial charge in [-0.2, -0.15) is 18.3 Å². The van der Waals surface area contributed by atoms with Crippen molar-refractivity contribution in [2.24, 2.45) is 5.10 Å². The number of allylic oxidation sites excluding steroid dienone is 1. The zero-order valence-corrected chi connectivity index (χ0v) is 17.6. The van der Waals surface area contributed by atoms with Crippen LogP contribution in [0.4, 0.5) is 19.1 Å². The molecule has 0 spiro atoms. The lowest BCUT2D eigenvalue weighted by atomic mass is 10.1. The van der Waals surface area contributed by atoms with Crippen molar-refractivity contribution in [1.82, 2.24) is 9.97 Å². The molecule has 0 radical (unpaired) electrons. The topological polar surface area (TPSA) is 115 Å².